The number of halogens is 2. The molecule has 1 saturated carbocycles. The number of aromatic amines is 2. The first kappa shape index (κ1) is 40.1. The molecule has 4 atom stereocenters. The van der Waals surface area contributed by atoms with E-state index in [2.05, 4.69) is 40.4 Å². The van der Waals surface area contributed by atoms with Crippen LogP contribution in [0.15, 0.2) is 84.4 Å². The molecule has 11 heterocycles. The van der Waals surface area contributed by atoms with Gasteiger partial charge in [-0.2, -0.15) is 0 Å². The Labute approximate surface area is 392 Å². The van der Waals surface area contributed by atoms with Crippen LogP contribution < -0.4 is 26.2 Å². The van der Waals surface area contributed by atoms with Gasteiger partial charge in [-0.25, -0.2) is 28.7 Å². The van der Waals surface area contributed by atoms with Gasteiger partial charge in [0.25, 0.3) is 0 Å². The Kier molecular flexibility index (Phi) is 8.87. The highest BCUT2D eigenvalue weighted by Crippen LogP contribution is 2.47. The van der Waals surface area contributed by atoms with Crippen LogP contribution in [0.5, 0.6) is 0 Å². The fourth-order valence-electron chi connectivity index (χ4n) is 11.2. The molecule has 4 unspecified atom stereocenters. The monoisotopic (exact) mass is 918 g/mol. The summed E-state index contributed by atoms with van der Waals surface area (Å²) in [4.78, 5) is 55.4. The first-order chi connectivity index (χ1) is 33.8. The van der Waals surface area contributed by atoms with Gasteiger partial charge in [0, 0.05) is 100 Å². The van der Waals surface area contributed by atoms with E-state index in [0.717, 1.165) is 110 Å². The predicted molar refractivity (Wildman–Crippen MR) is 264 cm³/mol. The molecular weight excluding hydrogens is 875 g/mol. The summed E-state index contributed by atoms with van der Waals surface area (Å²) in [5.74, 6) is 3.38. The van der Waals surface area contributed by atoms with Gasteiger partial charge in [0.2, 0.25) is 0 Å². The van der Waals surface area contributed by atoms with Crippen LogP contribution in [0.3, 0.4) is 0 Å². The fraction of sp³-hybridized carbons (Fsp3) is 0.275. The maximum absolute atomic E-state index is 15.7. The average molecular weight is 919 g/mol. The number of benzene rings is 2. The molecule has 6 N–H and O–H groups in total. The Morgan fingerprint density at radius 2 is 1.25 bits per heavy atom. The Morgan fingerprint density at radius 1 is 0.667 bits per heavy atom. The largest absolute Gasteiger partial charge is 0.386 e. The van der Waals surface area contributed by atoms with Crippen molar-refractivity contribution in [1.29, 1.82) is 0 Å². The number of pyridine rings is 4. The van der Waals surface area contributed by atoms with Crippen LogP contribution in [0.25, 0.3) is 65.9 Å². The van der Waals surface area contributed by atoms with Crippen molar-refractivity contribution in [1.82, 2.24) is 49.8 Å². The van der Waals surface area contributed by atoms with Crippen molar-refractivity contribution in [3.05, 3.63) is 119 Å². The summed E-state index contributed by atoms with van der Waals surface area (Å²) in [5, 5.41) is 9.64. The van der Waals surface area contributed by atoms with Gasteiger partial charge in [-0.1, -0.05) is 0 Å². The lowest BCUT2D eigenvalue weighted by Gasteiger charge is -2.22. The third kappa shape index (κ3) is 6.75. The molecule has 8 aromatic heterocycles. The first-order valence-electron chi connectivity index (χ1n) is 23.4. The Bertz CT molecular complexity index is 3780. The second-order valence-electron chi connectivity index (χ2n) is 19.1. The standard InChI is InChI=1S/C51H44F2N16/c1-55-38-14-28(52)12-30-43-48(66-46(30)38)62-41(64-50(43)68-20-27-4-6-57-40(27)23-68)11-25-8-36-37(59-17-25)9-26(18-60-36)19-61-39-15-29(53)13-31-44-49(67-47(31)39)63-42(65-51(44)69-21-32-33(22-69)45(32)54)10-24-7-35-34(58-16-24)3-2-5-56-35/h2-3,5-9,12-18,27,32-33,40,45,55,61H,4,10-11,19-23,54H2,1H3,(H,62,64,66)(H,63,65,67). The highest BCUT2D eigenvalue weighted by Gasteiger charge is 2.54. The molecule has 18 heteroatoms. The predicted octanol–water partition coefficient (Wildman–Crippen LogP) is 7.21. The summed E-state index contributed by atoms with van der Waals surface area (Å²) in [6, 6.07) is 16.4. The van der Waals surface area contributed by atoms with Crippen molar-refractivity contribution >= 4 is 95.2 Å². The van der Waals surface area contributed by atoms with Crippen LogP contribution in [0.2, 0.25) is 0 Å². The molecule has 2 saturated heterocycles. The number of aromatic nitrogens is 10. The van der Waals surface area contributed by atoms with E-state index in [9.17, 15) is 4.39 Å². The molecule has 16 nitrogen and oxygen atoms in total. The molecule has 0 amide bonds. The molecule has 3 aliphatic heterocycles. The third-order valence-corrected chi connectivity index (χ3v) is 14.7. The molecule has 3 fully saturated rings. The molecule has 342 valence electrons. The van der Waals surface area contributed by atoms with E-state index in [1.807, 2.05) is 55.1 Å². The van der Waals surface area contributed by atoms with Crippen molar-refractivity contribution < 1.29 is 8.78 Å². The zero-order valence-corrected chi connectivity index (χ0v) is 37.4. The number of fused-ring (bicyclic) bond motifs is 10. The second kappa shape index (κ2) is 15.3. The number of hydrogen-bond donors (Lipinski definition) is 5. The zero-order chi connectivity index (χ0) is 46.1. The van der Waals surface area contributed by atoms with Gasteiger partial charge in [-0.15, -0.1) is 0 Å². The maximum atomic E-state index is 15.7. The van der Waals surface area contributed by atoms with E-state index < -0.39 is 0 Å². The summed E-state index contributed by atoms with van der Waals surface area (Å²) in [7, 11) is 1.78. The van der Waals surface area contributed by atoms with E-state index in [-0.39, 0.29) is 23.7 Å². The lowest BCUT2D eigenvalue weighted by atomic mass is 10.1. The molecule has 0 bridgehead atoms. The number of hydrogen-bond acceptors (Lipinski definition) is 14. The van der Waals surface area contributed by atoms with E-state index in [4.69, 9.17) is 40.6 Å². The normalized spacial score (nSPS) is 20.7. The van der Waals surface area contributed by atoms with Crippen LogP contribution in [0, 0.1) is 29.4 Å². The lowest BCUT2D eigenvalue weighted by Crippen LogP contribution is -2.29. The van der Waals surface area contributed by atoms with Gasteiger partial charge in [0.1, 0.15) is 46.2 Å². The maximum Gasteiger partial charge on any atom is 0.144 e. The average Bonchev–Trinajstić information content (AvgIpc) is 4.05. The number of piperidine rings is 1. The van der Waals surface area contributed by atoms with Crippen LogP contribution in [-0.4, -0.2) is 101 Å². The van der Waals surface area contributed by atoms with Crippen molar-refractivity contribution in [2.45, 2.75) is 37.9 Å². The van der Waals surface area contributed by atoms with Crippen LogP contribution >= 0.6 is 0 Å². The topological polar surface area (TPSA) is 204 Å². The Balaban J connectivity index is 0.754. The molecule has 0 spiro atoms. The van der Waals surface area contributed by atoms with Crippen molar-refractivity contribution in [2.75, 3.05) is 53.7 Å². The SMILES string of the molecule is CNc1cc(F)cc2c1[nH]c1nc(Cc3cnc4cc(CNc5cc(F)cc6c5[nH]c5nc(Cc7cnc8cccnc8c7)nc(N7CC8C(N)C8C7)c56)cnc4c3)nc(N3CC4CC=NC4C3)c12. The molecule has 14 rings (SSSR count). The molecule has 2 aromatic carbocycles. The second-order valence-corrected chi connectivity index (χ2v) is 19.1. The summed E-state index contributed by atoms with van der Waals surface area (Å²) < 4.78 is 30.6. The van der Waals surface area contributed by atoms with E-state index >= 15 is 4.39 Å². The highest BCUT2D eigenvalue weighted by molar-refractivity contribution is 6.15. The van der Waals surface area contributed by atoms with E-state index in [1.165, 1.54) is 12.1 Å². The van der Waals surface area contributed by atoms with Gasteiger partial charge >= 0.3 is 0 Å². The molecule has 1 aliphatic carbocycles. The smallest absolute Gasteiger partial charge is 0.144 e. The Morgan fingerprint density at radius 3 is 1.90 bits per heavy atom. The number of rotatable bonds is 10. The number of anilines is 4. The summed E-state index contributed by atoms with van der Waals surface area (Å²) in [5.41, 5.74) is 16.2. The number of nitrogens with one attached hydrogen (secondary N) is 4. The fourth-order valence-corrected chi connectivity index (χ4v) is 11.2. The molecule has 10 aromatic rings. The summed E-state index contributed by atoms with van der Waals surface area (Å²) >= 11 is 0. The number of H-pyrrole nitrogens is 2. The van der Waals surface area contributed by atoms with E-state index in [1.54, 1.807) is 25.4 Å². The van der Waals surface area contributed by atoms with Crippen LogP contribution in [0.4, 0.5) is 31.8 Å². The number of nitrogens with zero attached hydrogens (tertiary/aromatic N) is 11. The minimum atomic E-state index is -0.374. The van der Waals surface area contributed by atoms with Gasteiger partial charge < -0.3 is 36.1 Å². The first-order valence-corrected chi connectivity index (χ1v) is 23.4. The summed E-state index contributed by atoms with van der Waals surface area (Å²) in [6.07, 6.45) is 11.1. The van der Waals surface area contributed by atoms with Gasteiger partial charge in [0.05, 0.1) is 61.3 Å². The van der Waals surface area contributed by atoms with Crippen LogP contribution in [-0.2, 0) is 19.4 Å². The van der Waals surface area contributed by atoms with Gasteiger partial charge in [-0.3, -0.25) is 24.9 Å². The third-order valence-electron chi connectivity index (χ3n) is 14.7. The molecular formula is C51H44F2N16. The van der Waals surface area contributed by atoms with Crippen LogP contribution in [0.1, 0.15) is 34.8 Å². The minimum Gasteiger partial charge on any atom is -0.386 e. The lowest BCUT2D eigenvalue weighted by molar-refractivity contribution is 0.576. The molecule has 0 radical (unpaired) electrons. The van der Waals surface area contributed by atoms with Crippen molar-refractivity contribution in [3.63, 3.8) is 0 Å². The number of aliphatic imine (C=N–C) groups is 1. The summed E-state index contributed by atoms with van der Waals surface area (Å²) in [6.45, 7) is 3.51. The zero-order valence-electron chi connectivity index (χ0n) is 37.4. The number of nitrogens with two attached hydrogens (primary N) is 1. The molecule has 4 aliphatic rings. The minimum absolute atomic E-state index is 0.209. The quantitative estimate of drug-likeness (QED) is 0.0922. The highest BCUT2D eigenvalue weighted by atomic mass is 19.1. The van der Waals surface area contributed by atoms with Gasteiger partial charge in [0.15, 0.2) is 0 Å². The Hall–Kier alpha value is -7.99. The van der Waals surface area contributed by atoms with Crippen molar-refractivity contribution in [3.8, 4) is 0 Å². The van der Waals surface area contributed by atoms with E-state index in [0.29, 0.717) is 76.8 Å². The van der Waals surface area contributed by atoms with Crippen molar-refractivity contribution in [2.24, 2.45) is 28.5 Å². The molecule has 69 heavy (non-hydrogen) atoms. The van der Waals surface area contributed by atoms with Gasteiger partial charge in [-0.05, 0) is 95.8 Å².